The van der Waals surface area contributed by atoms with Crippen LogP contribution in [0.15, 0.2) is 30.4 Å². The number of rotatable bonds is 6. The summed E-state index contributed by atoms with van der Waals surface area (Å²) in [6, 6.07) is 5.70. The van der Waals surface area contributed by atoms with Gasteiger partial charge in [0.2, 0.25) is 5.91 Å². The molecule has 2 rings (SSSR count). The molecule has 7 nitrogen and oxygen atoms in total. The van der Waals surface area contributed by atoms with Gasteiger partial charge in [-0.25, -0.2) is 0 Å². The van der Waals surface area contributed by atoms with Crippen molar-refractivity contribution in [1.82, 2.24) is 5.32 Å². The number of nitrogens with zero attached hydrogens (tertiary/aromatic N) is 1. The molecule has 2 N–H and O–H groups in total. The van der Waals surface area contributed by atoms with Crippen LogP contribution in [-0.2, 0) is 14.4 Å². The Morgan fingerprint density at radius 1 is 1.26 bits per heavy atom. The average Bonchev–Trinajstić information content (AvgIpc) is 2.62. The Hall–Kier alpha value is -2.83. The maximum absolute atomic E-state index is 12.7. The van der Waals surface area contributed by atoms with E-state index in [4.69, 9.17) is 9.84 Å². The molecule has 1 atom stereocenters. The fraction of sp³-hybridized carbons (Fsp3) is 0.450. The van der Waals surface area contributed by atoms with E-state index in [-0.39, 0.29) is 23.8 Å². The molecule has 0 saturated heterocycles. The molecule has 0 radical (unpaired) electrons. The second-order valence-electron chi connectivity index (χ2n) is 7.14. The van der Waals surface area contributed by atoms with Crippen molar-refractivity contribution in [3.8, 4) is 5.75 Å². The van der Waals surface area contributed by atoms with Gasteiger partial charge in [-0.3, -0.25) is 14.4 Å². The predicted molar refractivity (Wildman–Crippen MR) is 102 cm³/mol. The summed E-state index contributed by atoms with van der Waals surface area (Å²) in [5.74, 6) is -0.982. The van der Waals surface area contributed by atoms with Crippen molar-refractivity contribution in [2.24, 2.45) is 5.92 Å². The van der Waals surface area contributed by atoms with Crippen LogP contribution in [0.1, 0.15) is 39.2 Å². The first-order valence-electron chi connectivity index (χ1n) is 8.99. The second-order valence-corrected chi connectivity index (χ2v) is 7.14. The van der Waals surface area contributed by atoms with E-state index in [1.807, 2.05) is 32.0 Å². The van der Waals surface area contributed by atoms with Crippen molar-refractivity contribution >= 4 is 23.5 Å². The molecule has 146 valence electrons. The highest BCUT2D eigenvalue weighted by molar-refractivity contribution is 6.06. The zero-order chi connectivity index (χ0) is 20.1. The van der Waals surface area contributed by atoms with Gasteiger partial charge in [0.15, 0.2) is 0 Å². The molecular weight excluding hydrogens is 348 g/mol. The van der Waals surface area contributed by atoms with E-state index in [2.05, 4.69) is 19.2 Å². The minimum atomic E-state index is -1.15. The smallest absolute Gasteiger partial charge is 0.322 e. The van der Waals surface area contributed by atoms with Crippen LogP contribution in [0, 0.1) is 5.92 Å². The molecule has 1 aromatic rings. The van der Waals surface area contributed by atoms with Gasteiger partial charge < -0.3 is 20.1 Å². The number of benzene rings is 1. The number of amides is 2. The minimum absolute atomic E-state index is 0.157. The van der Waals surface area contributed by atoms with Gasteiger partial charge in [-0.1, -0.05) is 39.8 Å². The number of hydrogen-bond donors (Lipinski definition) is 2. The minimum Gasteiger partial charge on any atom is -0.486 e. The third-order valence-corrected chi connectivity index (χ3v) is 4.37. The van der Waals surface area contributed by atoms with Crippen LogP contribution in [0.4, 0.5) is 5.69 Å². The molecule has 7 heteroatoms. The van der Waals surface area contributed by atoms with Gasteiger partial charge in [-0.2, -0.15) is 0 Å². The van der Waals surface area contributed by atoms with E-state index in [9.17, 15) is 14.4 Å². The molecule has 1 aliphatic rings. The molecule has 1 aliphatic heterocycles. The molecular formula is C20H26N2O5. The number of fused-ring (bicyclic) bond motifs is 1. The Morgan fingerprint density at radius 2 is 1.96 bits per heavy atom. The number of carbonyl (C=O) groups excluding carboxylic acids is 2. The van der Waals surface area contributed by atoms with Gasteiger partial charge in [0.05, 0.1) is 12.2 Å². The van der Waals surface area contributed by atoms with Gasteiger partial charge in [0.25, 0.3) is 5.91 Å². The maximum atomic E-state index is 12.7. The van der Waals surface area contributed by atoms with E-state index < -0.39 is 18.4 Å². The number of para-hydroxylation sites is 1. The highest BCUT2D eigenvalue weighted by Crippen LogP contribution is 2.40. The van der Waals surface area contributed by atoms with Gasteiger partial charge in [-0.05, 0) is 23.5 Å². The number of hydrogen-bond acceptors (Lipinski definition) is 4. The van der Waals surface area contributed by atoms with Gasteiger partial charge in [0, 0.05) is 12.2 Å². The quantitative estimate of drug-likeness (QED) is 0.745. The van der Waals surface area contributed by atoms with E-state index in [1.165, 1.54) is 0 Å². The lowest BCUT2D eigenvalue weighted by atomic mass is 9.97. The number of carboxylic acid groups (broad SMARTS) is 1. The third kappa shape index (κ3) is 5.09. The summed E-state index contributed by atoms with van der Waals surface area (Å²) in [6.07, 6.45) is 2.05. The molecule has 1 aromatic carbocycles. The first-order chi connectivity index (χ1) is 12.7. The van der Waals surface area contributed by atoms with Gasteiger partial charge in [0.1, 0.15) is 18.4 Å². The van der Waals surface area contributed by atoms with E-state index in [0.717, 1.165) is 17.7 Å². The number of anilines is 1. The van der Waals surface area contributed by atoms with Crippen molar-refractivity contribution in [2.75, 3.05) is 18.0 Å². The summed E-state index contributed by atoms with van der Waals surface area (Å²) < 4.78 is 6.19. The molecule has 0 aliphatic carbocycles. The summed E-state index contributed by atoms with van der Waals surface area (Å²) in [4.78, 5) is 36.5. The van der Waals surface area contributed by atoms with Crippen molar-refractivity contribution in [1.29, 1.82) is 0 Å². The average molecular weight is 374 g/mol. The molecule has 0 fully saturated rings. The number of ether oxygens (including phenoxy) is 1. The highest BCUT2D eigenvalue weighted by Gasteiger charge is 2.32. The van der Waals surface area contributed by atoms with Crippen LogP contribution in [0.3, 0.4) is 0 Å². The molecule has 27 heavy (non-hydrogen) atoms. The summed E-state index contributed by atoms with van der Waals surface area (Å²) in [7, 11) is 0. The van der Waals surface area contributed by atoms with Crippen LogP contribution in [0.5, 0.6) is 5.75 Å². The first kappa shape index (κ1) is 20.5. The highest BCUT2D eigenvalue weighted by atomic mass is 16.5. The summed E-state index contributed by atoms with van der Waals surface area (Å²) in [6.45, 7) is 8.08. The zero-order valence-corrected chi connectivity index (χ0v) is 16.1. The van der Waals surface area contributed by atoms with Crippen molar-refractivity contribution in [3.05, 3.63) is 35.9 Å². The van der Waals surface area contributed by atoms with Crippen molar-refractivity contribution < 1.29 is 24.2 Å². The summed E-state index contributed by atoms with van der Waals surface area (Å²) in [5, 5.41) is 10.8. The van der Waals surface area contributed by atoms with E-state index >= 15 is 0 Å². The number of carbonyl (C=O) groups is 3. The molecule has 0 aromatic heterocycles. The van der Waals surface area contributed by atoms with E-state index in [1.54, 1.807) is 4.90 Å². The number of aliphatic carboxylic acids is 1. The normalized spacial score (nSPS) is 16.4. The lowest BCUT2D eigenvalue weighted by Crippen LogP contribution is -2.45. The van der Waals surface area contributed by atoms with E-state index in [0.29, 0.717) is 18.0 Å². The van der Waals surface area contributed by atoms with Crippen LogP contribution in [-0.4, -0.2) is 42.1 Å². The Labute approximate surface area is 159 Å². The Balaban J connectivity index is 2.28. The lowest BCUT2D eigenvalue weighted by molar-refractivity contribution is -0.137. The second kappa shape index (κ2) is 8.70. The summed E-state index contributed by atoms with van der Waals surface area (Å²) >= 11 is 0. The van der Waals surface area contributed by atoms with Crippen molar-refractivity contribution in [2.45, 2.75) is 39.7 Å². The van der Waals surface area contributed by atoms with Crippen LogP contribution >= 0.6 is 0 Å². The van der Waals surface area contributed by atoms with Crippen LogP contribution in [0.2, 0.25) is 0 Å². The fourth-order valence-electron chi connectivity index (χ4n) is 2.82. The van der Waals surface area contributed by atoms with Crippen LogP contribution < -0.4 is 15.0 Å². The Bertz CT molecular complexity index is 755. The zero-order valence-electron chi connectivity index (χ0n) is 16.1. The standard InChI is InChI=1S/C20H26N2O5/c1-12(2)14-6-5-7-15-20(14)27-16(13(3)4)11-22(15)18(24)9-8-17(23)21-10-19(25)26/h5-9,12-13,16H,10-11H2,1-4H3,(H,21,23)(H,25,26). The molecule has 0 saturated carbocycles. The third-order valence-electron chi connectivity index (χ3n) is 4.37. The molecule has 0 spiro atoms. The maximum Gasteiger partial charge on any atom is 0.322 e. The largest absolute Gasteiger partial charge is 0.486 e. The Kier molecular flexibility index (Phi) is 6.60. The Morgan fingerprint density at radius 3 is 2.56 bits per heavy atom. The van der Waals surface area contributed by atoms with Gasteiger partial charge >= 0.3 is 5.97 Å². The molecule has 1 unspecified atom stereocenters. The van der Waals surface area contributed by atoms with Gasteiger partial charge in [-0.15, -0.1) is 0 Å². The summed E-state index contributed by atoms with van der Waals surface area (Å²) in [5.41, 5.74) is 1.71. The fourth-order valence-corrected chi connectivity index (χ4v) is 2.82. The van der Waals surface area contributed by atoms with Crippen LogP contribution in [0.25, 0.3) is 0 Å². The molecule has 1 heterocycles. The lowest BCUT2D eigenvalue weighted by Gasteiger charge is -2.37. The SMILES string of the molecule is CC(C)c1cccc2c1OC(C(C)C)CN2C(=O)C=CC(=O)NCC(=O)O. The predicted octanol–water partition coefficient (Wildman–Crippen LogP) is 2.32. The van der Waals surface area contributed by atoms with Crippen molar-refractivity contribution in [3.63, 3.8) is 0 Å². The number of nitrogens with one attached hydrogen (secondary N) is 1. The first-order valence-corrected chi connectivity index (χ1v) is 8.99. The monoisotopic (exact) mass is 374 g/mol. The molecule has 0 bridgehead atoms. The molecule has 2 amide bonds. The topological polar surface area (TPSA) is 95.9 Å². The number of carboxylic acids is 1.